The van der Waals surface area contributed by atoms with Crippen LogP contribution in [0.15, 0.2) is 55.8 Å². The lowest BCUT2D eigenvalue weighted by Crippen LogP contribution is -2.40. The summed E-state index contributed by atoms with van der Waals surface area (Å²) in [6.07, 6.45) is 1.71. The molecule has 0 amide bonds. The zero-order chi connectivity index (χ0) is 26.8. The Kier molecular flexibility index (Phi) is 7.39. The number of methoxy groups -OCH3 is 2. The van der Waals surface area contributed by atoms with Crippen LogP contribution in [0.4, 0.5) is 5.88 Å². The van der Waals surface area contributed by atoms with E-state index in [0.29, 0.717) is 51.1 Å². The lowest BCUT2D eigenvalue weighted by molar-refractivity contribution is -0.139. The van der Waals surface area contributed by atoms with Gasteiger partial charge in [-0.05, 0) is 38.1 Å². The van der Waals surface area contributed by atoms with Gasteiger partial charge < -0.3 is 28.3 Å². The SMILES string of the molecule is CCOC(=O)C1=C(C)N=c2s/c(=C/c3ccc(N4CCOCC4)o3)c(=O)n2[C@H]1c1cc(OC)ccc1OC. The van der Waals surface area contributed by atoms with Gasteiger partial charge in [0.25, 0.3) is 5.56 Å². The molecule has 5 rings (SSSR count). The van der Waals surface area contributed by atoms with Crippen molar-refractivity contribution in [2.45, 2.75) is 19.9 Å². The first-order chi connectivity index (χ1) is 18.4. The van der Waals surface area contributed by atoms with Crippen LogP contribution in [0.5, 0.6) is 11.5 Å². The van der Waals surface area contributed by atoms with Gasteiger partial charge in [-0.25, -0.2) is 9.79 Å². The number of furan rings is 1. The number of anilines is 1. The van der Waals surface area contributed by atoms with Crippen LogP contribution in [-0.2, 0) is 14.3 Å². The van der Waals surface area contributed by atoms with Crippen molar-refractivity contribution in [1.82, 2.24) is 4.57 Å². The van der Waals surface area contributed by atoms with Crippen molar-refractivity contribution in [3.05, 3.63) is 72.6 Å². The lowest BCUT2D eigenvalue weighted by atomic mass is 9.95. The second-order valence-electron chi connectivity index (χ2n) is 8.69. The van der Waals surface area contributed by atoms with Crippen molar-refractivity contribution in [2.24, 2.45) is 4.99 Å². The molecule has 0 saturated carbocycles. The maximum atomic E-state index is 13.9. The highest BCUT2D eigenvalue weighted by Gasteiger charge is 2.35. The predicted octanol–water partition coefficient (Wildman–Crippen LogP) is 2.25. The van der Waals surface area contributed by atoms with E-state index in [9.17, 15) is 9.59 Å². The highest BCUT2D eigenvalue weighted by atomic mass is 32.1. The van der Waals surface area contributed by atoms with Crippen LogP contribution in [-0.4, -0.2) is 57.7 Å². The van der Waals surface area contributed by atoms with Crippen molar-refractivity contribution in [3.8, 4) is 11.5 Å². The monoisotopic (exact) mass is 539 g/mol. The second kappa shape index (κ2) is 10.9. The summed E-state index contributed by atoms with van der Waals surface area (Å²) in [5, 5.41) is 0. The van der Waals surface area contributed by atoms with Crippen molar-refractivity contribution >= 4 is 29.3 Å². The molecular formula is C27H29N3O7S. The number of aromatic nitrogens is 1. The van der Waals surface area contributed by atoms with Gasteiger partial charge >= 0.3 is 5.97 Å². The van der Waals surface area contributed by atoms with E-state index < -0.39 is 12.0 Å². The first kappa shape index (κ1) is 25.8. The zero-order valence-corrected chi connectivity index (χ0v) is 22.5. The van der Waals surface area contributed by atoms with Crippen LogP contribution in [0.25, 0.3) is 6.08 Å². The molecule has 0 bridgehead atoms. The van der Waals surface area contributed by atoms with E-state index in [4.69, 9.17) is 23.4 Å². The molecule has 11 heteroatoms. The van der Waals surface area contributed by atoms with Crippen LogP contribution in [0.1, 0.15) is 31.2 Å². The molecule has 38 heavy (non-hydrogen) atoms. The Morgan fingerprint density at radius 3 is 2.68 bits per heavy atom. The number of esters is 1. The zero-order valence-electron chi connectivity index (χ0n) is 21.7. The largest absolute Gasteiger partial charge is 0.497 e. The van der Waals surface area contributed by atoms with Gasteiger partial charge in [-0.1, -0.05) is 11.3 Å². The number of rotatable bonds is 7. The van der Waals surface area contributed by atoms with Gasteiger partial charge in [-0.2, -0.15) is 0 Å². The van der Waals surface area contributed by atoms with Gasteiger partial charge in [0.2, 0.25) is 0 Å². The number of carbonyl (C=O) groups excluding carboxylic acids is 1. The molecule has 200 valence electrons. The molecule has 0 unspecified atom stereocenters. The summed E-state index contributed by atoms with van der Waals surface area (Å²) in [7, 11) is 3.09. The lowest BCUT2D eigenvalue weighted by Gasteiger charge is -2.26. The molecule has 1 fully saturated rings. The molecule has 1 saturated heterocycles. The van der Waals surface area contributed by atoms with Crippen LogP contribution >= 0.6 is 11.3 Å². The number of ether oxygens (including phenoxy) is 4. The number of benzene rings is 1. The Balaban J connectivity index is 1.66. The van der Waals surface area contributed by atoms with E-state index in [0.717, 1.165) is 19.0 Å². The number of carbonyl (C=O) groups is 1. The first-order valence-corrected chi connectivity index (χ1v) is 13.1. The van der Waals surface area contributed by atoms with Gasteiger partial charge in [0, 0.05) is 30.8 Å². The molecule has 0 spiro atoms. The average Bonchev–Trinajstić information content (AvgIpc) is 3.52. The van der Waals surface area contributed by atoms with E-state index in [1.54, 1.807) is 52.3 Å². The van der Waals surface area contributed by atoms with Gasteiger partial charge in [0.1, 0.15) is 23.3 Å². The van der Waals surface area contributed by atoms with Crippen molar-refractivity contribution in [3.63, 3.8) is 0 Å². The number of hydrogen-bond acceptors (Lipinski definition) is 10. The standard InChI is InChI=1S/C27H29N3O7S/c1-5-36-26(32)23-16(2)28-27-30(24(23)19-14-17(33-3)6-8-20(19)34-4)25(31)21(38-27)15-18-7-9-22(37-18)29-10-12-35-13-11-29/h6-9,14-15,24H,5,10-13H2,1-4H3/b21-15+/t24-/m0/s1. The summed E-state index contributed by atoms with van der Waals surface area (Å²) in [4.78, 5) is 34.2. The average molecular weight is 540 g/mol. The molecular weight excluding hydrogens is 510 g/mol. The molecule has 2 aromatic heterocycles. The Bertz CT molecular complexity index is 1560. The number of nitrogens with zero attached hydrogens (tertiary/aromatic N) is 3. The molecule has 0 N–H and O–H groups in total. The Labute approximate surface area is 223 Å². The minimum absolute atomic E-state index is 0.186. The minimum atomic E-state index is -0.821. The molecule has 3 aromatic rings. The van der Waals surface area contributed by atoms with Crippen molar-refractivity contribution < 1.29 is 28.2 Å². The van der Waals surface area contributed by atoms with E-state index in [2.05, 4.69) is 9.89 Å². The molecule has 1 atom stereocenters. The number of thiazole rings is 1. The molecule has 10 nitrogen and oxygen atoms in total. The second-order valence-corrected chi connectivity index (χ2v) is 9.69. The summed E-state index contributed by atoms with van der Waals surface area (Å²) >= 11 is 1.23. The van der Waals surface area contributed by atoms with Crippen LogP contribution in [0.3, 0.4) is 0 Å². The Morgan fingerprint density at radius 2 is 1.97 bits per heavy atom. The third kappa shape index (κ3) is 4.74. The van der Waals surface area contributed by atoms with Gasteiger partial charge in [0.05, 0.1) is 49.8 Å². The fraction of sp³-hybridized carbons (Fsp3) is 0.370. The van der Waals surface area contributed by atoms with Crippen LogP contribution < -0.4 is 29.3 Å². The molecule has 1 aromatic carbocycles. The van der Waals surface area contributed by atoms with E-state index in [1.807, 2.05) is 12.1 Å². The topological polar surface area (TPSA) is 105 Å². The smallest absolute Gasteiger partial charge is 0.338 e. The first-order valence-electron chi connectivity index (χ1n) is 12.3. The van der Waals surface area contributed by atoms with E-state index in [1.165, 1.54) is 15.9 Å². The van der Waals surface area contributed by atoms with E-state index >= 15 is 0 Å². The van der Waals surface area contributed by atoms with Gasteiger partial charge in [-0.15, -0.1) is 0 Å². The maximum Gasteiger partial charge on any atom is 0.338 e. The Morgan fingerprint density at radius 1 is 1.18 bits per heavy atom. The highest BCUT2D eigenvalue weighted by Crippen LogP contribution is 2.37. The summed E-state index contributed by atoms with van der Waals surface area (Å²) in [5.41, 5.74) is 1.02. The fourth-order valence-electron chi connectivity index (χ4n) is 4.64. The molecule has 0 radical (unpaired) electrons. The number of fused-ring (bicyclic) bond motifs is 1. The molecule has 4 heterocycles. The maximum absolute atomic E-state index is 13.9. The van der Waals surface area contributed by atoms with Crippen LogP contribution in [0, 0.1) is 0 Å². The minimum Gasteiger partial charge on any atom is -0.497 e. The summed E-state index contributed by atoms with van der Waals surface area (Å²) in [6.45, 7) is 6.44. The summed E-state index contributed by atoms with van der Waals surface area (Å²) in [5.74, 6) is 1.80. The highest BCUT2D eigenvalue weighted by molar-refractivity contribution is 7.07. The molecule has 2 aliphatic heterocycles. The fourth-order valence-corrected chi connectivity index (χ4v) is 5.67. The summed E-state index contributed by atoms with van der Waals surface area (Å²) < 4.78 is 29.8. The molecule has 0 aliphatic carbocycles. The van der Waals surface area contributed by atoms with Gasteiger partial charge in [-0.3, -0.25) is 9.36 Å². The summed E-state index contributed by atoms with van der Waals surface area (Å²) in [6, 6.07) is 8.17. The van der Waals surface area contributed by atoms with Crippen LogP contribution in [0.2, 0.25) is 0 Å². The van der Waals surface area contributed by atoms with Crippen molar-refractivity contribution in [1.29, 1.82) is 0 Å². The third-order valence-corrected chi connectivity index (χ3v) is 7.44. The predicted molar refractivity (Wildman–Crippen MR) is 142 cm³/mol. The van der Waals surface area contributed by atoms with Crippen molar-refractivity contribution in [2.75, 3.05) is 52.0 Å². The number of hydrogen-bond donors (Lipinski definition) is 0. The normalized spacial score (nSPS) is 17.7. The number of morpholine rings is 1. The quantitative estimate of drug-likeness (QED) is 0.421. The van der Waals surface area contributed by atoms with Gasteiger partial charge in [0.15, 0.2) is 10.7 Å². The number of allylic oxidation sites excluding steroid dienone is 1. The van der Waals surface area contributed by atoms with E-state index in [-0.39, 0.29) is 17.7 Å². The Hall–Kier alpha value is -3.83. The molecule has 2 aliphatic rings. The third-order valence-electron chi connectivity index (χ3n) is 6.46.